The predicted octanol–water partition coefficient (Wildman–Crippen LogP) is 2.99. The smallest absolute Gasteiger partial charge is 0.336 e. The first kappa shape index (κ1) is 28.4. The molecule has 0 saturated heterocycles. The van der Waals surface area contributed by atoms with Crippen LogP contribution in [0.5, 0.6) is 11.8 Å². The van der Waals surface area contributed by atoms with Crippen LogP contribution in [-0.4, -0.2) is 76.1 Å². The Kier molecular flexibility index (Phi) is 9.24. The minimum absolute atomic E-state index is 0.0249. The fourth-order valence-corrected chi connectivity index (χ4v) is 4.43. The van der Waals surface area contributed by atoms with Crippen LogP contribution >= 0.6 is 0 Å². The highest BCUT2D eigenvalue weighted by atomic mass is 16.6. The zero-order valence-corrected chi connectivity index (χ0v) is 21.8. The quantitative estimate of drug-likeness (QED) is 0.254. The number of carbonyl (C=O) groups is 2. The number of hydrogen-bond acceptors (Lipinski definition) is 10. The lowest BCUT2D eigenvalue weighted by Crippen LogP contribution is -2.39. The van der Waals surface area contributed by atoms with Gasteiger partial charge in [0.2, 0.25) is 0 Å². The van der Waals surface area contributed by atoms with E-state index in [9.17, 15) is 29.9 Å². The van der Waals surface area contributed by atoms with E-state index in [4.69, 9.17) is 9.47 Å². The summed E-state index contributed by atoms with van der Waals surface area (Å²) in [7, 11) is 3.76. The van der Waals surface area contributed by atoms with E-state index in [1.54, 1.807) is 19.9 Å². The molecule has 1 aliphatic heterocycles. The van der Waals surface area contributed by atoms with Crippen LogP contribution in [0.25, 0.3) is 0 Å². The number of esters is 2. The van der Waals surface area contributed by atoms with Crippen molar-refractivity contribution in [3.05, 3.63) is 63.3 Å². The summed E-state index contributed by atoms with van der Waals surface area (Å²) < 4.78 is 12.0. The highest BCUT2D eigenvalue weighted by molar-refractivity contribution is 6.08. The van der Waals surface area contributed by atoms with Crippen molar-refractivity contribution in [1.29, 1.82) is 0 Å². The number of aromatic hydroxyl groups is 2. The molecule has 0 saturated carbocycles. The van der Waals surface area contributed by atoms with Crippen LogP contribution in [0.2, 0.25) is 0 Å². The van der Waals surface area contributed by atoms with Gasteiger partial charge in [0.1, 0.15) is 12.5 Å². The van der Waals surface area contributed by atoms with Crippen LogP contribution in [0.3, 0.4) is 0 Å². The largest absolute Gasteiger partial charge is 0.494 e. The molecule has 2 heterocycles. The van der Waals surface area contributed by atoms with Gasteiger partial charge in [0.25, 0.3) is 5.69 Å². The van der Waals surface area contributed by atoms with E-state index < -0.39 is 28.7 Å². The van der Waals surface area contributed by atoms with Gasteiger partial charge >= 0.3 is 11.9 Å². The maximum atomic E-state index is 13.4. The SMILES string of the molecule is CCOC(=O)C1C(CCN(C)C)=NC(C)=C(C(=O)OCCn2c(O)ccc2O)C1c1cccc([N+](=O)[O-])c1. The van der Waals surface area contributed by atoms with Crippen molar-refractivity contribution in [3.8, 4) is 11.8 Å². The minimum atomic E-state index is -0.999. The van der Waals surface area contributed by atoms with Gasteiger partial charge in [0.05, 0.1) is 23.6 Å². The Morgan fingerprint density at radius 3 is 2.45 bits per heavy atom. The second kappa shape index (κ2) is 12.4. The fourth-order valence-electron chi connectivity index (χ4n) is 4.43. The van der Waals surface area contributed by atoms with Crippen LogP contribution in [0.15, 0.2) is 52.7 Å². The van der Waals surface area contributed by atoms with Crippen molar-refractivity contribution in [2.45, 2.75) is 32.7 Å². The second-order valence-electron chi connectivity index (χ2n) is 9.05. The average Bonchev–Trinajstić information content (AvgIpc) is 3.19. The molecule has 0 amide bonds. The highest BCUT2D eigenvalue weighted by Crippen LogP contribution is 2.41. The number of allylic oxidation sites excluding steroid dienone is 1. The maximum absolute atomic E-state index is 13.4. The normalized spacial score (nSPS) is 17.3. The monoisotopic (exact) mass is 528 g/mol. The summed E-state index contributed by atoms with van der Waals surface area (Å²) in [4.78, 5) is 44.2. The number of hydrogen-bond donors (Lipinski definition) is 2. The van der Waals surface area contributed by atoms with Gasteiger partial charge in [-0.1, -0.05) is 12.1 Å². The number of aromatic nitrogens is 1. The summed E-state index contributed by atoms with van der Waals surface area (Å²) in [6.45, 7) is 3.75. The van der Waals surface area contributed by atoms with E-state index in [-0.39, 0.29) is 42.8 Å². The molecule has 1 aliphatic rings. The van der Waals surface area contributed by atoms with Crippen LogP contribution in [0.1, 0.15) is 31.7 Å². The van der Waals surface area contributed by atoms with Crippen LogP contribution in [0, 0.1) is 16.0 Å². The van der Waals surface area contributed by atoms with Crippen molar-refractivity contribution in [3.63, 3.8) is 0 Å². The molecule has 0 radical (unpaired) electrons. The van der Waals surface area contributed by atoms with E-state index in [2.05, 4.69) is 4.99 Å². The molecule has 38 heavy (non-hydrogen) atoms. The summed E-state index contributed by atoms with van der Waals surface area (Å²) in [5, 5.41) is 31.2. The number of rotatable bonds is 11. The molecule has 0 bridgehead atoms. The maximum Gasteiger partial charge on any atom is 0.336 e. The molecule has 2 unspecified atom stereocenters. The van der Waals surface area contributed by atoms with E-state index in [1.807, 2.05) is 19.0 Å². The van der Waals surface area contributed by atoms with Crippen molar-refractivity contribution in [1.82, 2.24) is 9.47 Å². The number of non-ortho nitro benzene ring substituents is 1. The van der Waals surface area contributed by atoms with Gasteiger partial charge in [-0.25, -0.2) is 4.79 Å². The van der Waals surface area contributed by atoms with E-state index >= 15 is 0 Å². The summed E-state index contributed by atoms with van der Waals surface area (Å²) in [6.07, 6.45) is 0.410. The number of carbonyl (C=O) groups excluding carboxylic acids is 2. The van der Waals surface area contributed by atoms with Gasteiger partial charge in [0.15, 0.2) is 11.8 Å². The Hall–Kier alpha value is -4.19. The molecular weight excluding hydrogens is 496 g/mol. The molecule has 2 aromatic rings. The van der Waals surface area contributed by atoms with Gasteiger partial charge < -0.3 is 24.6 Å². The van der Waals surface area contributed by atoms with Gasteiger partial charge in [0, 0.05) is 48.1 Å². The molecule has 0 spiro atoms. The number of ether oxygens (including phenoxy) is 2. The Morgan fingerprint density at radius 2 is 1.84 bits per heavy atom. The molecule has 0 fully saturated rings. The molecule has 204 valence electrons. The molecule has 1 aromatic heterocycles. The van der Waals surface area contributed by atoms with Crippen LogP contribution in [-0.2, 0) is 25.6 Å². The lowest BCUT2D eigenvalue weighted by molar-refractivity contribution is -0.384. The third kappa shape index (κ3) is 6.38. The van der Waals surface area contributed by atoms with Gasteiger partial charge in [-0.05, 0) is 39.9 Å². The van der Waals surface area contributed by atoms with Crippen molar-refractivity contribution in [2.75, 3.05) is 33.9 Å². The average molecular weight is 529 g/mol. The Balaban J connectivity index is 2.05. The number of nitro groups is 1. The predicted molar refractivity (Wildman–Crippen MR) is 138 cm³/mol. The number of nitro benzene ring substituents is 1. The van der Waals surface area contributed by atoms with E-state index in [0.717, 1.165) is 4.57 Å². The fraction of sp³-hybridized carbons (Fsp3) is 0.423. The molecule has 12 nitrogen and oxygen atoms in total. The highest BCUT2D eigenvalue weighted by Gasteiger charge is 2.44. The number of benzene rings is 1. The first-order valence-electron chi connectivity index (χ1n) is 12.1. The van der Waals surface area contributed by atoms with E-state index in [1.165, 1.54) is 30.3 Å². The van der Waals surface area contributed by atoms with Gasteiger partial charge in [-0.2, -0.15) is 0 Å². The lowest BCUT2D eigenvalue weighted by Gasteiger charge is -2.33. The van der Waals surface area contributed by atoms with Crippen molar-refractivity contribution < 1.29 is 34.2 Å². The summed E-state index contributed by atoms with van der Waals surface area (Å²) in [6, 6.07) is 8.39. The summed E-state index contributed by atoms with van der Waals surface area (Å²) in [5.41, 5.74) is 1.10. The Morgan fingerprint density at radius 1 is 1.16 bits per heavy atom. The third-order valence-electron chi connectivity index (χ3n) is 6.20. The molecule has 3 rings (SSSR count). The zero-order chi connectivity index (χ0) is 28.0. The molecule has 0 aliphatic carbocycles. The molecule has 1 aromatic carbocycles. The van der Waals surface area contributed by atoms with Gasteiger partial charge in [-0.3, -0.25) is 24.5 Å². The first-order valence-corrected chi connectivity index (χ1v) is 12.1. The number of aliphatic imine (C=N–C) groups is 1. The van der Waals surface area contributed by atoms with Crippen molar-refractivity contribution >= 4 is 23.3 Å². The zero-order valence-electron chi connectivity index (χ0n) is 21.8. The summed E-state index contributed by atoms with van der Waals surface area (Å²) in [5.74, 6) is -3.70. The van der Waals surface area contributed by atoms with Crippen molar-refractivity contribution in [2.24, 2.45) is 10.9 Å². The van der Waals surface area contributed by atoms with Gasteiger partial charge in [-0.15, -0.1) is 0 Å². The van der Waals surface area contributed by atoms with E-state index in [0.29, 0.717) is 29.9 Å². The Bertz CT molecular complexity index is 1240. The van der Waals surface area contributed by atoms with Crippen LogP contribution in [0.4, 0.5) is 5.69 Å². The lowest BCUT2D eigenvalue weighted by atomic mass is 9.74. The first-order chi connectivity index (χ1) is 18.0. The standard InChI is InChI=1S/C26H32N4O8/c1-5-37-26(34)24-19(11-12-28(3)4)27-16(2)22(23(24)17-7-6-8-18(15-17)30(35)36)25(33)38-14-13-29-20(31)9-10-21(29)32/h6-10,15,23-24,31-32H,5,11-14H2,1-4H3. The third-order valence-corrected chi connectivity index (χ3v) is 6.20. The number of nitrogens with zero attached hydrogens (tertiary/aromatic N) is 4. The van der Waals surface area contributed by atoms with Crippen LogP contribution < -0.4 is 0 Å². The molecule has 2 atom stereocenters. The molecule has 12 heteroatoms. The minimum Gasteiger partial charge on any atom is -0.494 e. The Labute approximate surface area is 219 Å². The molecule has 2 N–H and O–H groups in total. The summed E-state index contributed by atoms with van der Waals surface area (Å²) >= 11 is 0. The topological polar surface area (TPSA) is 157 Å². The second-order valence-corrected chi connectivity index (χ2v) is 9.05. The molecular formula is C26H32N4O8.